The van der Waals surface area contributed by atoms with E-state index in [1.165, 1.54) is 0 Å². The van der Waals surface area contributed by atoms with E-state index in [1.54, 1.807) is 45.0 Å². The Bertz CT molecular complexity index is 401. The van der Waals surface area contributed by atoms with Gasteiger partial charge in [0.2, 0.25) is 0 Å². The Hall–Kier alpha value is -1.26. The normalized spacial score (nSPS) is 12.9. The van der Waals surface area contributed by atoms with Gasteiger partial charge in [-0.15, -0.1) is 0 Å². The Morgan fingerprint density at radius 2 is 2.00 bits per heavy atom. The fraction of sp³-hybridized carbons (Fsp3) is 0.462. The molecule has 1 atom stereocenters. The quantitative estimate of drug-likeness (QED) is 0.861. The van der Waals surface area contributed by atoms with Gasteiger partial charge in [0.1, 0.15) is 5.75 Å². The molecule has 0 aromatic heterocycles. The molecule has 0 spiro atoms. The summed E-state index contributed by atoms with van der Waals surface area (Å²) >= 11 is 5.77. The molecule has 0 bridgehead atoms. The van der Waals surface area contributed by atoms with Crippen LogP contribution in [0.25, 0.3) is 0 Å². The molecule has 5 heteroatoms. The van der Waals surface area contributed by atoms with Gasteiger partial charge in [0.15, 0.2) is 5.60 Å². The third-order valence-corrected chi connectivity index (χ3v) is 2.54. The van der Waals surface area contributed by atoms with Gasteiger partial charge in [-0.05, 0) is 45.0 Å². The number of nitrogens with one attached hydrogen (secondary N) is 1. The average Bonchev–Trinajstić information content (AvgIpc) is 2.28. The van der Waals surface area contributed by atoms with Crippen molar-refractivity contribution in [2.24, 2.45) is 0 Å². The van der Waals surface area contributed by atoms with Crippen LogP contribution in [0.4, 0.5) is 0 Å². The standard InChI is InChI=1S/C13H18ClNO3/c1-9(16)8-15-12(17)13(2,3)18-11-6-4-10(14)5-7-11/h4-7,9,16H,8H2,1-3H3,(H,15,17)/t9-/m1/s1. The number of hydrogen-bond acceptors (Lipinski definition) is 3. The average molecular weight is 272 g/mol. The molecule has 0 radical (unpaired) electrons. The van der Waals surface area contributed by atoms with Gasteiger partial charge in [0.05, 0.1) is 6.10 Å². The molecule has 0 aliphatic heterocycles. The van der Waals surface area contributed by atoms with Crippen LogP contribution in [0, 0.1) is 0 Å². The molecule has 0 aliphatic carbocycles. The second-order valence-electron chi connectivity index (χ2n) is 4.63. The van der Waals surface area contributed by atoms with Crippen molar-refractivity contribution in [1.82, 2.24) is 5.32 Å². The highest BCUT2D eigenvalue weighted by Crippen LogP contribution is 2.20. The van der Waals surface area contributed by atoms with Crippen LogP contribution in [0.15, 0.2) is 24.3 Å². The summed E-state index contributed by atoms with van der Waals surface area (Å²) in [4.78, 5) is 11.9. The summed E-state index contributed by atoms with van der Waals surface area (Å²) in [6.07, 6.45) is -0.583. The second-order valence-corrected chi connectivity index (χ2v) is 5.06. The maximum absolute atomic E-state index is 11.9. The van der Waals surface area contributed by atoms with Crippen LogP contribution in [0.2, 0.25) is 5.02 Å². The highest BCUT2D eigenvalue weighted by Gasteiger charge is 2.29. The molecule has 0 fully saturated rings. The van der Waals surface area contributed by atoms with Crippen molar-refractivity contribution in [2.45, 2.75) is 32.5 Å². The van der Waals surface area contributed by atoms with Gasteiger partial charge in [-0.1, -0.05) is 11.6 Å². The van der Waals surface area contributed by atoms with E-state index >= 15 is 0 Å². The van der Waals surface area contributed by atoms with Crippen molar-refractivity contribution in [3.8, 4) is 5.75 Å². The molecule has 18 heavy (non-hydrogen) atoms. The van der Waals surface area contributed by atoms with Gasteiger partial charge < -0.3 is 15.2 Å². The molecule has 0 saturated heterocycles. The van der Waals surface area contributed by atoms with Crippen LogP contribution in [0.3, 0.4) is 0 Å². The van der Waals surface area contributed by atoms with E-state index in [2.05, 4.69) is 5.32 Å². The Morgan fingerprint density at radius 1 is 1.44 bits per heavy atom. The van der Waals surface area contributed by atoms with Crippen molar-refractivity contribution in [3.63, 3.8) is 0 Å². The number of aliphatic hydroxyl groups excluding tert-OH is 1. The molecule has 4 nitrogen and oxygen atoms in total. The molecule has 1 aromatic rings. The minimum Gasteiger partial charge on any atom is -0.478 e. The monoisotopic (exact) mass is 271 g/mol. The first-order valence-electron chi connectivity index (χ1n) is 5.72. The number of ether oxygens (including phenoxy) is 1. The highest BCUT2D eigenvalue weighted by molar-refractivity contribution is 6.30. The molecule has 100 valence electrons. The van der Waals surface area contributed by atoms with Gasteiger partial charge in [-0.2, -0.15) is 0 Å². The number of carbonyl (C=O) groups is 1. The number of halogens is 1. The number of amides is 1. The summed E-state index contributed by atoms with van der Waals surface area (Å²) < 4.78 is 5.60. The van der Waals surface area contributed by atoms with Crippen molar-refractivity contribution in [2.75, 3.05) is 6.54 Å². The lowest BCUT2D eigenvalue weighted by Crippen LogP contribution is -2.48. The van der Waals surface area contributed by atoms with Crippen LogP contribution in [0.1, 0.15) is 20.8 Å². The topological polar surface area (TPSA) is 58.6 Å². The number of aliphatic hydroxyl groups is 1. The first kappa shape index (κ1) is 14.8. The van der Waals surface area contributed by atoms with E-state index in [9.17, 15) is 4.79 Å². The molecule has 1 amide bonds. The first-order valence-corrected chi connectivity index (χ1v) is 6.10. The SMILES string of the molecule is C[C@@H](O)CNC(=O)C(C)(C)Oc1ccc(Cl)cc1. The largest absolute Gasteiger partial charge is 0.478 e. The molecule has 0 saturated carbocycles. The van der Waals surface area contributed by atoms with E-state index in [0.717, 1.165) is 0 Å². The van der Waals surface area contributed by atoms with Gasteiger partial charge in [0.25, 0.3) is 5.91 Å². The summed E-state index contributed by atoms with van der Waals surface area (Å²) in [5.74, 6) is 0.287. The molecular weight excluding hydrogens is 254 g/mol. The Morgan fingerprint density at radius 3 is 2.50 bits per heavy atom. The lowest BCUT2D eigenvalue weighted by molar-refractivity contribution is -0.134. The maximum atomic E-state index is 11.9. The van der Waals surface area contributed by atoms with Gasteiger partial charge in [-0.3, -0.25) is 4.79 Å². The second kappa shape index (κ2) is 6.07. The van der Waals surface area contributed by atoms with Gasteiger partial charge >= 0.3 is 0 Å². The maximum Gasteiger partial charge on any atom is 0.263 e. The van der Waals surface area contributed by atoms with Crippen molar-refractivity contribution >= 4 is 17.5 Å². The fourth-order valence-electron chi connectivity index (χ4n) is 1.30. The van der Waals surface area contributed by atoms with Crippen molar-refractivity contribution in [1.29, 1.82) is 0 Å². The molecule has 0 aliphatic rings. The molecule has 0 unspecified atom stereocenters. The third kappa shape index (κ3) is 4.55. The predicted molar refractivity (Wildman–Crippen MR) is 70.8 cm³/mol. The Kier molecular flexibility index (Phi) is 4.99. The summed E-state index contributed by atoms with van der Waals surface area (Å²) in [7, 11) is 0. The summed E-state index contributed by atoms with van der Waals surface area (Å²) in [5, 5.41) is 12.3. The molecule has 0 heterocycles. The van der Waals surface area contributed by atoms with E-state index < -0.39 is 11.7 Å². The smallest absolute Gasteiger partial charge is 0.263 e. The number of carbonyl (C=O) groups excluding carboxylic acids is 1. The number of hydrogen-bond donors (Lipinski definition) is 2. The molecule has 2 N–H and O–H groups in total. The zero-order chi connectivity index (χ0) is 13.8. The minimum atomic E-state index is -1.01. The lowest BCUT2D eigenvalue weighted by atomic mass is 10.1. The molecule has 1 rings (SSSR count). The zero-order valence-corrected chi connectivity index (χ0v) is 11.5. The van der Waals surface area contributed by atoms with Gasteiger partial charge in [0, 0.05) is 11.6 Å². The first-order chi connectivity index (χ1) is 8.31. The van der Waals surface area contributed by atoms with Crippen LogP contribution < -0.4 is 10.1 Å². The summed E-state index contributed by atoms with van der Waals surface area (Å²) in [6, 6.07) is 6.79. The summed E-state index contributed by atoms with van der Waals surface area (Å²) in [6.45, 7) is 5.14. The molecule has 1 aromatic carbocycles. The van der Waals surface area contributed by atoms with Crippen molar-refractivity contribution in [3.05, 3.63) is 29.3 Å². The summed E-state index contributed by atoms with van der Waals surface area (Å²) in [5.41, 5.74) is -1.01. The Labute approximate surface area is 112 Å². The van der Waals surface area contributed by atoms with Crippen LogP contribution in [-0.2, 0) is 4.79 Å². The van der Waals surface area contributed by atoms with E-state index in [1.807, 2.05) is 0 Å². The van der Waals surface area contributed by atoms with Crippen LogP contribution in [0.5, 0.6) is 5.75 Å². The zero-order valence-electron chi connectivity index (χ0n) is 10.7. The van der Waals surface area contributed by atoms with Gasteiger partial charge in [-0.25, -0.2) is 0 Å². The Balaban J connectivity index is 2.63. The number of benzene rings is 1. The van der Waals surface area contributed by atoms with Crippen LogP contribution in [-0.4, -0.2) is 29.3 Å². The van der Waals surface area contributed by atoms with Crippen molar-refractivity contribution < 1.29 is 14.6 Å². The fourth-order valence-corrected chi connectivity index (χ4v) is 1.42. The third-order valence-electron chi connectivity index (χ3n) is 2.29. The number of rotatable bonds is 5. The van der Waals surface area contributed by atoms with Crippen LogP contribution >= 0.6 is 11.6 Å². The minimum absolute atomic E-state index is 0.201. The molecular formula is C13H18ClNO3. The van der Waals surface area contributed by atoms with E-state index in [-0.39, 0.29) is 12.5 Å². The highest BCUT2D eigenvalue weighted by atomic mass is 35.5. The predicted octanol–water partition coefficient (Wildman–Crippen LogP) is 1.99. The lowest BCUT2D eigenvalue weighted by Gasteiger charge is -2.25. The van der Waals surface area contributed by atoms with E-state index in [0.29, 0.717) is 10.8 Å². The van der Waals surface area contributed by atoms with E-state index in [4.69, 9.17) is 21.4 Å².